The molecule has 9 heteroatoms. The molecule has 0 atom stereocenters. The Labute approximate surface area is 149 Å². The van der Waals surface area contributed by atoms with E-state index in [1.807, 2.05) is 12.1 Å². The minimum atomic E-state index is -0.959. The van der Waals surface area contributed by atoms with Gasteiger partial charge in [-0.1, -0.05) is 17.8 Å². The van der Waals surface area contributed by atoms with Crippen molar-refractivity contribution in [2.45, 2.75) is 11.7 Å². The van der Waals surface area contributed by atoms with Gasteiger partial charge in [-0.3, -0.25) is 14.2 Å². The summed E-state index contributed by atoms with van der Waals surface area (Å²) in [6, 6.07) is 7.23. The Bertz CT molecular complexity index is 1030. The molecule has 4 rings (SSSR count). The molecule has 0 amide bonds. The number of carboxylic acids is 1. The van der Waals surface area contributed by atoms with Crippen LogP contribution in [0.15, 0.2) is 39.6 Å². The van der Waals surface area contributed by atoms with E-state index in [4.69, 9.17) is 14.6 Å². The zero-order valence-corrected chi connectivity index (χ0v) is 14.4. The van der Waals surface area contributed by atoms with Crippen molar-refractivity contribution in [2.75, 3.05) is 12.5 Å². The molecule has 128 valence electrons. The van der Waals surface area contributed by atoms with E-state index >= 15 is 0 Å². The van der Waals surface area contributed by atoms with Gasteiger partial charge in [0.2, 0.25) is 6.79 Å². The number of thioether (sulfide) groups is 1. The molecule has 0 radical (unpaired) electrons. The van der Waals surface area contributed by atoms with Gasteiger partial charge in [0, 0.05) is 0 Å². The summed E-state index contributed by atoms with van der Waals surface area (Å²) in [4.78, 5) is 28.2. The van der Waals surface area contributed by atoms with Gasteiger partial charge < -0.3 is 14.6 Å². The summed E-state index contributed by atoms with van der Waals surface area (Å²) < 4.78 is 12.7. The summed E-state index contributed by atoms with van der Waals surface area (Å²) in [6.45, 7) is 0.458. The molecular weight excluding hydrogens is 364 g/mol. The van der Waals surface area contributed by atoms with E-state index in [1.54, 1.807) is 17.5 Å². The highest BCUT2D eigenvalue weighted by Gasteiger charge is 2.17. The van der Waals surface area contributed by atoms with E-state index in [0.29, 0.717) is 26.9 Å². The highest BCUT2D eigenvalue weighted by molar-refractivity contribution is 7.99. The highest BCUT2D eigenvalue weighted by Crippen LogP contribution is 2.33. The van der Waals surface area contributed by atoms with E-state index in [0.717, 1.165) is 17.3 Å². The van der Waals surface area contributed by atoms with Crippen LogP contribution in [-0.4, -0.2) is 33.2 Å². The van der Waals surface area contributed by atoms with Crippen LogP contribution >= 0.6 is 23.1 Å². The van der Waals surface area contributed by atoms with Crippen molar-refractivity contribution in [1.82, 2.24) is 9.55 Å². The summed E-state index contributed by atoms with van der Waals surface area (Å²) in [6.07, 6.45) is 0. The summed E-state index contributed by atoms with van der Waals surface area (Å²) in [5.74, 6) is 0.182. The fourth-order valence-electron chi connectivity index (χ4n) is 2.52. The Kier molecular flexibility index (Phi) is 4.10. The molecule has 3 heterocycles. The lowest BCUT2D eigenvalue weighted by Crippen LogP contribution is -2.23. The van der Waals surface area contributed by atoms with Crippen molar-refractivity contribution in [3.8, 4) is 11.5 Å². The predicted molar refractivity (Wildman–Crippen MR) is 93.9 cm³/mol. The standard InChI is InChI=1S/C16H12N2O5S2/c19-13(20)7-25-16-17-10-3-4-24-14(10)15(21)18(16)6-9-1-2-11-12(5-9)23-8-22-11/h1-5H,6-8H2,(H,19,20). The molecule has 0 bridgehead atoms. The third-order valence-corrected chi connectivity index (χ3v) is 5.49. The molecule has 1 aromatic carbocycles. The molecule has 2 aromatic heterocycles. The Morgan fingerprint density at radius 1 is 1.32 bits per heavy atom. The number of aromatic nitrogens is 2. The van der Waals surface area contributed by atoms with Gasteiger partial charge in [0.1, 0.15) is 4.70 Å². The summed E-state index contributed by atoms with van der Waals surface area (Å²) in [7, 11) is 0. The summed E-state index contributed by atoms with van der Waals surface area (Å²) >= 11 is 2.36. The molecule has 0 spiro atoms. The maximum absolute atomic E-state index is 12.8. The second-order valence-electron chi connectivity index (χ2n) is 5.29. The lowest BCUT2D eigenvalue weighted by Gasteiger charge is -2.12. The number of fused-ring (bicyclic) bond motifs is 2. The zero-order chi connectivity index (χ0) is 17.4. The largest absolute Gasteiger partial charge is 0.481 e. The van der Waals surface area contributed by atoms with Gasteiger partial charge in [-0.2, -0.15) is 0 Å². The van der Waals surface area contributed by atoms with Crippen LogP contribution in [0.5, 0.6) is 11.5 Å². The number of hydrogen-bond donors (Lipinski definition) is 1. The molecule has 25 heavy (non-hydrogen) atoms. The van der Waals surface area contributed by atoms with Crippen LogP contribution in [0, 0.1) is 0 Å². The van der Waals surface area contributed by atoms with Crippen molar-refractivity contribution >= 4 is 39.3 Å². The molecule has 0 aliphatic carbocycles. The van der Waals surface area contributed by atoms with Gasteiger partial charge in [0.25, 0.3) is 5.56 Å². The van der Waals surface area contributed by atoms with E-state index in [2.05, 4.69) is 4.98 Å². The molecule has 0 saturated heterocycles. The number of carbonyl (C=O) groups is 1. The average molecular weight is 376 g/mol. The quantitative estimate of drug-likeness (QED) is 0.540. The van der Waals surface area contributed by atoms with Gasteiger partial charge in [0.15, 0.2) is 16.7 Å². The topological polar surface area (TPSA) is 90.7 Å². The van der Waals surface area contributed by atoms with Crippen molar-refractivity contribution in [1.29, 1.82) is 0 Å². The number of ether oxygens (including phenoxy) is 2. The number of aliphatic carboxylic acids is 1. The van der Waals surface area contributed by atoms with Crippen molar-refractivity contribution < 1.29 is 19.4 Å². The second kappa shape index (κ2) is 6.41. The Morgan fingerprint density at radius 3 is 3.00 bits per heavy atom. The van der Waals surface area contributed by atoms with Gasteiger partial charge in [-0.15, -0.1) is 11.3 Å². The maximum Gasteiger partial charge on any atom is 0.313 e. The first-order valence-electron chi connectivity index (χ1n) is 7.33. The predicted octanol–water partition coefficient (Wildman–Crippen LogP) is 2.41. The normalized spacial score (nSPS) is 12.6. The van der Waals surface area contributed by atoms with Gasteiger partial charge in [0.05, 0.1) is 17.8 Å². The monoisotopic (exact) mass is 376 g/mol. The summed E-state index contributed by atoms with van der Waals surface area (Å²) in [5.41, 5.74) is 1.26. The highest BCUT2D eigenvalue weighted by atomic mass is 32.2. The molecule has 1 aliphatic heterocycles. The second-order valence-corrected chi connectivity index (χ2v) is 7.15. The molecule has 1 aliphatic rings. The number of hydrogen-bond acceptors (Lipinski definition) is 7. The van der Waals surface area contributed by atoms with Gasteiger partial charge >= 0.3 is 5.97 Å². The number of rotatable bonds is 5. The Hall–Kier alpha value is -2.52. The molecule has 1 N–H and O–H groups in total. The molecular formula is C16H12N2O5S2. The number of thiophene rings is 1. The Balaban J connectivity index is 1.76. The average Bonchev–Trinajstić information content (AvgIpc) is 3.24. The smallest absolute Gasteiger partial charge is 0.313 e. The minimum Gasteiger partial charge on any atom is -0.481 e. The van der Waals surface area contributed by atoms with Crippen LogP contribution in [0.4, 0.5) is 0 Å². The summed E-state index contributed by atoms with van der Waals surface area (Å²) in [5, 5.41) is 11.1. The van der Waals surface area contributed by atoms with E-state index < -0.39 is 5.97 Å². The van der Waals surface area contributed by atoms with Crippen LogP contribution < -0.4 is 15.0 Å². The van der Waals surface area contributed by atoms with Crippen LogP contribution in [0.1, 0.15) is 5.56 Å². The first-order chi connectivity index (χ1) is 12.1. The van der Waals surface area contributed by atoms with Crippen LogP contribution in [0.2, 0.25) is 0 Å². The molecule has 7 nitrogen and oxygen atoms in total. The number of carboxylic acid groups (broad SMARTS) is 1. The van der Waals surface area contributed by atoms with Crippen LogP contribution in [0.3, 0.4) is 0 Å². The maximum atomic E-state index is 12.8. The van der Waals surface area contributed by atoms with E-state index in [9.17, 15) is 9.59 Å². The van der Waals surface area contributed by atoms with Crippen molar-refractivity contribution in [2.24, 2.45) is 0 Å². The first kappa shape index (κ1) is 16.0. The van der Waals surface area contributed by atoms with Gasteiger partial charge in [-0.05, 0) is 29.1 Å². The third-order valence-electron chi connectivity index (χ3n) is 3.63. The fourth-order valence-corrected chi connectivity index (χ4v) is 4.02. The molecule has 0 saturated carbocycles. The SMILES string of the molecule is O=C(O)CSc1nc2ccsc2c(=O)n1Cc1ccc2c(c1)OCO2. The first-order valence-corrected chi connectivity index (χ1v) is 9.19. The Morgan fingerprint density at radius 2 is 2.16 bits per heavy atom. The molecule has 0 fully saturated rings. The van der Waals surface area contributed by atoms with Gasteiger partial charge in [-0.25, -0.2) is 4.98 Å². The lowest BCUT2D eigenvalue weighted by atomic mass is 10.2. The minimum absolute atomic E-state index is 0.163. The van der Waals surface area contributed by atoms with E-state index in [-0.39, 0.29) is 24.6 Å². The zero-order valence-electron chi connectivity index (χ0n) is 12.8. The van der Waals surface area contributed by atoms with E-state index in [1.165, 1.54) is 15.9 Å². The number of nitrogens with zero attached hydrogens (tertiary/aromatic N) is 2. The van der Waals surface area contributed by atoms with Crippen LogP contribution in [0.25, 0.3) is 10.2 Å². The fraction of sp³-hybridized carbons (Fsp3) is 0.188. The van der Waals surface area contributed by atoms with Crippen molar-refractivity contribution in [3.05, 3.63) is 45.6 Å². The lowest BCUT2D eigenvalue weighted by molar-refractivity contribution is -0.133. The molecule has 3 aromatic rings. The van der Waals surface area contributed by atoms with Crippen LogP contribution in [-0.2, 0) is 11.3 Å². The number of benzene rings is 1. The third kappa shape index (κ3) is 3.08. The van der Waals surface area contributed by atoms with Crippen molar-refractivity contribution in [3.63, 3.8) is 0 Å². The molecule has 0 unspecified atom stereocenters.